The van der Waals surface area contributed by atoms with E-state index in [-0.39, 0.29) is 29.6 Å². The van der Waals surface area contributed by atoms with Gasteiger partial charge < -0.3 is 5.11 Å². The molecular weight excluding hydrogens is 111 g/mol. The first-order valence-electron chi connectivity index (χ1n) is 2.67. The predicted octanol–water partition coefficient (Wildman–Crippen LogP) is 0.765. The Bertz CT molecular complexity index is 54.0. The Morgan fingerprint density at radius 1 is 1.25 bits per heavy atom. The molecule has 0 radical (unpaired) electrons. The standard InChI is InChI=1S/C6H14O.Na.H/c1-5(2)6(3,4)7;;/h5,7H,1-4H3;;. The molecule has 0 aliphatic heterocycles. The zero-order chi connectivity index (χ0) is 6.08. The number of hydrogen-bond acceptors (Lipinski definition) is 1. The van der Waals surface area contributed by atoms with Crippen LogP contribution in [0.2, 0.25) is 0 Å². The summed E-state index contributed by atoms with van der Waals surface area (Å²) >= 11 is 0. The van der Waals surface area contributed by atoms with Crippen LogP contribution in [0.25, 0.3) is 0 Å². The van der Waals surface area contributed by atoms with Crippen molar-refractivity contribution in [3.05, 3.63) is 0 Å². The van der Waals surface area contributed by atoms with Gasteiger partial charge in [0.15, 0.2) is 0 Å². The van der Waals surface area contributed by atoms with E-state index < -0.39 is 5.60 Å². The average molecular weight is 126 g/mol. The molecule has 0 heterocycles. The fraction of sp³-hybridized carbons (Fsp3) is 1.00. The molecule has 0 aliphatic carbocycles. The number of hydrogen-bond donors (Lipinski definition) is 1. The van der Waals surface area contributed by atoms with E-state index in [0.717, 1.165) is 0 Å². The normalized spacial score (nSPS) is 11.2. The molecule has 0 saturated carbocycles. The molecule has 0 spiro atoms. The topological polar surface area (TPSA) is 20.2 Å². The molecule has 1 nitrogen and oxygen atoms in total. The molecule has 1 N–H and O–H groups in total. The summed E-state index contributed by atoms with van der Waals surface area (Å²) in [7, 11) is 0. The van der Waals surface area contributed by atoms with Crippen molar-refractivity contribution in [2.75, 3.05) is 0 Å². The molecule has 0 fully saturated rings. The molecule has 0 unspecified atom stereocenters. The van der Waals surface area contributed by atoms with Crippen molar-refractivity contribution >= 4 is 29.6 Å². The molecule has 0 saturated heterocycles. The second-order valence-corrected chi connectivity index (χ2v) is 2.81. The number of rotatable bonds is 1. The van der Waals surface area contributed by atoms with Gasteiger partial charge in [-0.05, 0) is 19.8 Å². The molecule has 0 amide bonds. The van der Waals surface area contributed by atoms with E-state index in [1.807, 2.05) is 27.7 Å². The minimum atomic E-state index is -0.500. The Labute approximate surface area is 73.8 Å². The summed E-state index contributed by atoms with van der Waals surface area (Å²) in [6.07, 6.45) is 0. The second kappa shape index (κ2) is 3.89. The van der Waals surface area contributed by atoms with Crippen LogP contribution in [0.5, 0.6) is 0 Å². The van der Waals surface area contributed by atoms with Crippen LogP contribution in [0.4, 0.5) is 0 Å². The first-order valence-corrected chi connectivity index (χ1v) is 2.67. The Morgan fingerprint density at radius 2 is 1.38 bits per heavy atom. The second-order valence-electron chi connectivity index (χ2n) is 2.81. The fourth-order valence-electron chi connectivity index (χ4n) is 0. The zero-order valence-electron chi connectivity index (χ0n) is 5.52. The van der Waals surface area contributed by atoms with Crippen LogP contribution in [0.1, 0.15) is 27.7 Å². The van der Waals surface area contributed by atoms with E-state index in [2.05, 4.69) is 0 Å². The fourth-order valence-corrected chi connectivity index (χ4v) is 0. The third-order valence-corrected chi connectivity index (χ3v) is 1.41. The number of aliphatic hydroxyl groups is 1. The van der Waals surface area contributed by atoms with E-state index in [1.165, 1.54) is 0 Å². The third-order valence-electron chi connectivity index (χ3n) is 1.41. The molecule has 0 aromatic rings. The van der Waals surface area contributed by atoms with Crippen LogP contribution >= 0.6 is 0 Å². The van der Waals surface area contributed by atoms with Crippen LogP contribution in [0, 0.1) is 5.92 Å². The van der Waals surface area contributed by atoms with Gasteiger partial charge in [0.2, 0.25) is 0 Å². The molecule has 0 bridgehead atoms. The summed E-state index contributed by atoms with van der Waals surface area (Å²) in [6.45, 7) is 7.63. The van der Waals surface area contributed by atoms with Gasteiger partial charge in [-0.2, -0.15) is 0 Å². The van der Waals surface area contributed by atoms with Crippen LogP contribution in [-0.2, 0) is 0 Å². The Kier molecular flexibility index (Phi) is 5.69. The van der Waals surface area contributed by atoms with Crippen LogP contribution in [0.3, 0.4) is 0 Å². The quantitative estimate of drug-likeness (QED) is 0.514. The summed E-state index contributed by atoms with van der Waals surface area (Å²) in [5.41, 5.74) is -0.500. The van der Waals surface area contributed by atoms with Gasteiger partial charge in [-0.3, -0.25) is 0 Å². The van der Waals surface area contributed by atoms with Crippen molar-refractivity contribution in [1.82, 2.24) is 0 Å². The van der Waals surface area contributed by atoms with Gasteiger partial charge in [0.1, 0.15) is 0 Å². The van der Waals surface area contributed by atoms with Gasteiger partial charge in [0.25, 0.3) is 0 Å². The summed E-state index contributed by atoms with van der Waals surface area (Å²) < 4.78 is 0. The van der Waals surface area contributed by atoms with Crippen molar-refractivity contribution in [3.63, 3.8) is 0 Å². The van der Waals surface area contributed by atoms with Crippen molar-refractivity contribution in [2.24, 2.45) is 5.92 Å². The summed E-state index contributed by atoms with van der Waals surface area (Å²) in [6, 6.07) is 0. The SMILES string of the molecule is CC(C)C(C)(C)O.[NaH]. The van der Waals surface area contributed by atoms with Crippen molar-refractivity contribution in [1.29, 1.82) is 0 Å². The van der Waals surface area contributed by atoms with E-state index in [1.54, 1.807) is 0 Å². The molecule has 0 aliphatic rings. The van der Waals surface area contributed by atoms with E-state index in [0.29, 0.717) is 5.92 Å². The van der Waals surface area contributed by atoms with Gasteiger partial charge in [0, 0.05) is 0 Å². The van der Waals surface area contributed by atoms with Gasteiger partial charge in [-0.15, -0.1) is 0 Å². The van der Waals surface area contributed by atoms with Gasteiger partial charge in [-0.1, -0.05) is 13.8 Å². The summed E-state index contributed by atoms with van der Waals surface area (Å²) in [4.78, 5) is 0. The van der Waals surface area contributed by atoms with Crippen molar-refractivity contribution < 1.29 is 5.11 Å². The first kappa shape index (κ1) is 11.7. The molecular formula is C6H15NaO. The zero-order valence-corrected chi connectivity index (χ0v) is 5.52. The van der Waals surface area contributed by atoms with Crippen LogP contribution < -0.4 is 0 Å². The molecule has 0 rings (SSSR count). The van der Waals surface area contributed by atoms with E-state index >= 15 is 0 Å². The molecule has 0 atom stereocenters. The van der Waals surface area contributed by atoms with Gasteiger partial charge in [0.05, 0.1) is 5.60 Å². The van der Waals surface area contributed by atoms with Gasteiger partial charge >= 0.3 is 29.6 Å². The Morgan fingerprint density at radius 3 is 1.38 bits per heavy atom. The maximum absolute atomic E-state index is 9.09. The third kappa shape index (κ3) is 5.10. The first-order chi connectivity index (χ1) is 2.94. The molecule has 8 heavy (non-hydrogen) atoms. The maximum atomic E-state index is 9.09. The molecule has 46 valence electrons. The Balaban J connectivity index is 0. The van der Waals surface area contributed by atoms with Crippen molar-refractivity contribution in [2.45, 2.75) is 33.3 Å². The van der Waals surface area contributed by atoms with Crippen molar-refractivity contribution in [3.8, 4) is 0 Å². The van der Waals surface area contributed by atoms with E-state index in [9.17, 15) is 0 Å². The Hall–Kier alpha value is 0.960. The predicted molar refractivity (Wildman–Crippen MR) is 38.3 cm³/mol. The summed E-state index contributed by atoms with van der Waals surface area (Å²) in [5, 5.41) is 9.09. The monoisotopic (exact) mass is 126 g/mol. The molecule has 0 aromatic heterocycles. The summed E-state index contributed by atoms with van der Waals surface area (Å²) in [5.74, 6) is 0.354. The minimum absolute atomic E-state index is 0. The molecule has 0 aromatic carbocycles. The molecule has 2 heteroatoms. The van der Waals surface area contributed by atoms with Gasteiger partial charge in [-0.25, -0.2) is 0 Å². The van der Waals surface area contributed by atoms with Crippen LogP contribution in [-0.4, -0.2) is 40.3 Å². The van der Waals surface area contributed by atoms with Crippen LogP contribution in [0.15, 0.2) is 0 Å². The average Bonchev–Trinajstić information content (AvgIpc) is 1.31. The van der Waals surface area contributed by atoms with E-state index in [4.69, 9.17) is 5.11 Å².